The van der Waals surface area contributed by atoms with Crippen molar-refractivity contribution in [3.05, 3.63) is 34.9 Å². The maximum atomic E-state index is 6.01. The fourth-order valence-corrected chi connectivity index (χ4v) is 3.06. The van der Waals surface area contributed by atoms with Crippen molar-refractivity contribution in [1.82, 2.24) is 15.5 Å². The molecule has 1 aliphatic rings. The number of likely N-dealkylation sites (tertiary alicyclic amines) is 1. The van der Waals surface area contributed by atoms with Crippen LogP contribution in [0.25, 0.3) is 0 Å². The monoisotopic (exact) mass is 464 g/mol. The second kappa shape index (κ2) is 12.8. The van der Waals surface area contributed by atoms with Crippen LogP contribution in [0.1, 0.15) is 31.7 Å². The van der Waals surface area contributed by atoms with Crippen LogP contribution in [0.4, 0.5) is 0 Å². The highest BCUT2D eigenvalue weighted by Gasteiger charge is 2.09. The zero-order chi connectivity index (χ0) is 16.3. The molecule has 24 heavy (non-hydrogen) atoms. The van der Waals surface area contributed by atoms with E-state index in [1.807, 2.05) is 18.2 Å². The summed E-state index contributed by atoms with van der Waals surface area (Å²) < 4.78 is 0. The van der Waals surface area contributed by atoms with Crippen LogP contribution in [0.3, 0.4) is 0 Å². The third kappa shape index (κ3) is 8.53. The summed E-state index contributed by atoms with van der Waals surface area (Å²) in [7, 11) is 0. The fraction of sp³-hybridized carbons (Fsp3) is 0.611. The summed E-state index contributed by atoms with van der Waals surface area (Å²) >= 11 is 6.01. The maximum absolute atomic E-state index is 6.01. The van der Waals surface area contributed by atoms with Crippen LogP contribution in [-0.4, -0.2) is 50.1 Å². The molecule has 1 saturated heterocycles. The van der Waals surface area contributed by atoms with Gasteiger partial charge in [0.05, 0.1) is 0 Å². The molecule has 2 rings (SSSR count). The molecule has 1 aromatic rings. The van der Waals surface area contributed by atoms with Crippen molar-refractivity contribution in [1.29, 1.82) is 0 Å². The second-order valence-corrected chi connectivity index (χ2v) is 6.41. The highest BCUT2D eigenvalue weighted by Crippen LogP contribution is 2.10. The van der Waals surface area contributed by atoms with E-state index in [4.69, 9.17) is 11.6 Å². The molecule has 6 heteroatoms. The van der Waals surface area contributed by atoms with Crippen LogP contribution >= 0.6 is 35.6 Å². The van der Waals surface area contributed by atoms with Crippen LogP contribution in [0.5, 0.6) is 0 Å². The molecule has 0 aliphatic carbocycles. The average molecular weight is 465 g/mol. The molecule has 0 spiro atoms. The molecule has 4 nitrogen and oxygen atoms in total. The van der Waals surface area contributed by atoms with E-state index >= 15 is 0 Å². The minimum Gasteiger partial charge on any atom is -0.357 e. The molecule has 0 bridgehead atoms. The predicted octanol–water partition coefficient (Wildman–Crippen LogP) is 3.54. The zero-order valence-electron chi connectivity index (χ0n) is 14.6. The van der Waals surface area contributed by atoms with Crippen molar-refractivity contribution in [3.63, 3.8) is 0 Å². The van der Waals surface area contributed by atoms with E-state index in [0.29, 0.717) is 0 Å². The molecule has 0 atom stereocenters. The van der Waals surface area contributed by atoms with Gasteiger partial charge in [-0.05, 0) is 69.9 Å². The van der Waals surface area contributed by atoms with Crippen molar-refractivity contribution >= 4 is 41.5 Å². The Balaban J connectivity index is 0.00000288. The van der Waals surface area contributed by atoms with Gasteiger partial charge in [0.2, 0.25) is 0 Å². The third-order valence-corrected chi connectivity index (χ3v) is 4.28. The SMILES string of the molecule is CCNC(=NCCCN1CCCC1)NCCc1cccc(Cl)c1.I. The van der Waals surface area contributed by atoms with Crippen molar-refractivity contribution in [3.8, 4) is 0 Å². The lowest BCUT2D eigenvalue weighted by Crippen LogP contribution is -2.38. The van der Waals surface area contributed by atoms with E-state index in [-0.39, 0.29) is 24.0 Å². The van der Waals surface area contributed by atoms with Crippen LogP contribution < -0.4 is 10.6 Å². The number of nitrogens with one attached hydrogen (secondary N) is 2. The van der Waals surface area contributed by atoms with Gasteiger partial charge in [-0.1, -0.05) is 23.7 Å². The smallest absolute Gasteiger partial charge is 0.191 e. The summed E-state index contributed by atoms with van der Waals surface area (Å²) in [5, 5.41) is 7.50. The topological polar surface area (TPSA) is 39.7 Å². The largest absolute Gasteiger partial charge is 0.357 e. The summed E-state index contributed by atoms with van der Waals surface area (Å²) in [6.45, 7) is 8.42. The van der Waals surface area contributed by atoms with Gasteiger partial charge >= 0.3 is 0 Å². The molecule has 1 heterocycles. The molecule has 1 aromatic carbocycles. The number of halogens is 2. The van der Waals surface area contributed by atoms with E-state index in [1.54, 1.807) is 0 Å². The van der Waals surface area contributed by atoms with Gasteiger partial charge in [-0.3, -0.25) is 4.99 Å². The van der Waals surface area contributed by atoms with Gasteiger partial charge in [-0.2, -0.15) is 0 Å². The minimum atomic E-state index is 0. The highest BCUT2D eigenvalue weighted by molar-refractivity contribution is 14.0. The Morgan fingerprint density at radius 2 is 2.04 bits per heavy atom. The van der Waals surface area contributed by atoms with Crippen LogP contribution in [-0.2, 0) is 6.42 Å². The first-order valence-corrected chi connectivity index (χ1v) is 9.14. The summed E-state index contributed by atoms with van der Waals surface area (Å²) in [4.78, 5) is 7.20. The number of guanidine groups is 1. The molecule has 0 saturated carbocycles. The van der Waals surface area contributed by atoms with E-state index in [1.165, 1.54) is 38.0 Å². The third-order valence-electron chi connectivity index (χ3n) is 4.04. The van der Waals surface area contributed by atoms with Crippen LogP contribution in [0.15, 0.2) is 29.3 Å². The van der Waals surface area contributed by atoms with Gasteiger partial charge in [0.15, 0.2) is 5.96 Å². The Labute approximate surface area is 168 Å². The standard InChI is InChI=1S/C18H29ClN4.HI/c1-2-20-18(21-10-6-14-23-12-3-4-13-23)22-11-9-16-7-5-8-17(19)15-16;/h5,7-8,15H,2-4,6,9-14H2,1H3,(H2,20,21,22);1H. The molecule has 0 amide bonds. The first kappa shape index (κ1) is 21.5. The number of nitrogens with zero attached hydrogens (tertiary/aromatic N) is 2. The van der Waals surface area contributed by atoms with Crippen molar-refractivity contribution in [2.45, 2.75) is 32.6 Å². The average Bonchev–Trinajstić information content (AvgIpc) is 3.05. The lowest BCUT2D eigenvalue weighted by Gasteiger charge is -2.14. The second-order valence-electron chi connectivity index (χ2n) is 5.97. The van der Waals surface area contributed by atoms with Crippen molar-refractivity contribution in [2.75, 3.05) is 39.3 Å². The van der Waals surface area contributed by atoms with Gasteiger partial charge < -0.3 is 15.5 Å². The van der Waals surface area contributed by atoms with Gasteiger partial charge in [-0.15, -0.1) is 24.0 Å². The van der Waals surface area contributed by atoms with Crippen LogP contribution in [0, 0.1) is 0 Å². The predicted molar refractivity (Wildman–Crippen MR) is 115 cm³/mol. The Hall–Kier alpha value is -0.530. The number of aliphatic imine (C=N–C) groups is 1. The molecule has 0 aromatic heterocycles. The van der Waals surface area contributed by atoms with E-state index in [2.05, 4.69) is 33.5 Å². The minimum absolute atomic E-state index is 0. The molecule has 0 unspecified atom stereocenters. The van der Waals surface area contributed by atoms with Gasteiger partial charge in [0.25, 0.3) is 0 Å². The Bertz CT molecular complexity index is 490. The molecule has 1 fully saturated rings. The molecule has 136 valence electrons. The van der Waals surface area contributed by atoms with Crippen molar-refractivity contribution < 1.29 is 0 Å². The quantitative estimate of drug-likeness (QED) is 0.268. The van der Waals surface area contributed by atoms with Gasteiger partial charge in [-0.25, -0.2) is 0 Å². The number of hydrogen-bond donors (Lipinski definition) is 2. The number of benzene rings is 1. The molecule has 1 aliphatic heterocycles. The van der Waals surface area contributed by atoms with E-state index in [0.717, 1.165) is 43.5 Å². The summed E-state index contributed by atoms with van der Waals surface area (Å²) in [6.07, 6.45) is 4.79. The molecule has 2 N–H and O–H groups in total. The van der Waals surface area contributed by atoms with E-state index < -0.39 is 0 Å². The van der Waals surface area contributed by atoms with Crippen LogP contribution in [0.2, 0.25) is 5.02 Å². The zero-order valence-corrected chi connectivity index (χ0v) is 17.6. The summed E-state index contributed by atoms with van der Waals surface area (Å²) in [5.74, 6) is 0.913. The number of hydrogen-bond acceptors (Lipinski definition) is 2. The Morgan fingerprint density at radius 1 is 1.25 bits per heavy atom. The normalized spacial score (nSPS) is 15.2. The molecular formula is C18H30ClIN4. The lowest BCUT2D eigenvalue weighted by atomic mass is 10.1. The highest BCUT2D eigenvalue weighted by atomic mass is 127. The summed E-state index contributed by atoms with van der Waals surface area (Å²) in [6, 6.07) is 8.02. The first-order valence-electron chi connectivity index (χ1n) is 8.77. The van der Waals surface area contributed by atoms with Gasteiger partial charge in [0, 0.05) is 24.7 Å². The Kier molecular flexibility index (Phi) is 11.5. The molecule has 0 radical (unpaired) electrons. The van der Waals surface area contributed by atoms with Gasteiger partial charge in [0.1, 0.15) is 0 Å². The first-order chi connectivity index (χ1) is 11.3. The fourth-order valence-electron chi connectivity index (χ4n) is 2.85. The number of rotatable bonds is 8. The Morgan fingerprint density at radius 3 is 2.75 bits per heavy atom. The lowest BCUT2D eigenvalue weighted by molar-refractivity contribution is 0.336. The van der Waals surface area contributed by atoms with E-state index in [9.17, 15) is 0 Å². The van der Waals surface area contributed by atoms with Crippen molar-refractivity contribution in [2.24, 2.45) is 4.99 Å². The maximum Gasteiger partial charge on any atom is 0.191 e. The molecular weight excluding hydrogens is 435 g/mol. The summed E-state index contributed by atoms with van der Waals surface area (Å²) in [5.41, 5.74) is 1.25.